The molecule has 2 N–H and O–H groups in total. The fraction of sp³-hybridized carbons (Fsp3) is 0. The number of rotatable bonds is 1. The maximum atomic E-state index is 11.9. The van der Waals surface area contributed by atoms with Crippen LogP contribution in [0.25, 0.3) is 16.9 Å². The van der Waals surface area contributed by atoms with Gasteiger partial charge in [-0.05, 0) is 0 Å². The summed E-state index contributed by atoms with van der Waals surface area (Å²) in [6, 6.07) is 0. The van der Waals surface area contributed by atoms with Crippen LogP contribution in [0, 0.1) is 0 Å². The maximum Gasteiger partial charge on any atom is 0.285 e. The fourth-order valence-electron chi connectivity index (χ4n) is 1.52. The van der Waals surface area contributed by atoms with Crippen LogP contribution in [0.1, 0.15) is 10.5 Å². The molecule has 15 heavy (non-hydrogen) atoms. The Morgan fingerprint density at radius 1 is 1.40 bits per heavy atom. The highest BCUT2D eigenvalue weighted by Gasteiger charge is 2.10. The van der Waals surface area contributed by atoms with Gasteiger partial charge in [-0.1, -0.05) is 0 Å². The van der Waals surface area contributed by atoms with E-state index in [-0.39, 0.29) is 11.3 Å². The van der Waals surface area contributed by atoms with Crippen molar-refractivity contribution in [3.05, 3.63) is 28.6 Å². The minimum Gasteiger partial charge on any atom is -0.339 e. The highest BCUT2D eigenvalue weighted by atomic mass is 16.1. The molecule has 3 heterocycles. The van der Waals surface area contributed by atoms with Gasteiger partial charge in [-0.2, -0.15) is 0 Å². The van der Waals surface area contributed by atoms with Gasteiger partial charge in [0.2, 0.25) is 5.78 Å². The van der Waals surface area contributed by atoms with Gasteiger partial charge in [-0.15, -0.1) is 0 Å². The standard InChI is InChI=1S/C8H5N5O2/c14-2-4-1-9-8-12-6-5(10-3-11-6)7(15)13(4)8/h1-3H,(H,9,12)(H,10,11). The molecule has 3 rings (SSSR count). The summed E-state index contributed by atoms with van der Waals surface area (Å²) in [5.41, 5.74) is 0.623. The minimum absolute atomic E-state index is 0.211. The molecule has 0 aliphatic heterocycles. The molecule has 0 saturated heterocycles. The van der Waals surface area contributed by atoms with E-state index in [1.165, 1.54) is 16.9 Å². The molecule has 0 amide bonds. The molecule has 0 radical (unpaired) electrons. The average molecular weight is 203 g/mol. The van der Waals surface area contributed by atoms with E-state index in [2.05, 4.69) is 19.9 Å². The number of aromatic nitrogens is 5. The quantitative estimate of drug-likeness (QED) is 0.531. The van der Waals surface area contributed by atoms with Crippen LogP contribution < -0.4 is 5.56 Å². The Balaban J connectivity index is 2.67. The largest absolute Gasteiger partial charge is 0.339 e. The van der Waals surface area contributed by atoms with Crippen LogP contribution in [-0.2, 0) is 0 Å². The average Bonchev–Trinajstić information content (AvgIpc) is 2.83. The van der Waals surface area contributed by atoms with Crippen LogP contribution in [-0.4, -0.2) is 30.6 Å². The van der Waals surface area contributed by atoms with Crippen LogP contribution in [0.3, 0.4) is 0 Å². The molecule has 0 aliphatic rings. The van der Waals surface area contributed by atoms with Gasteiger partial charge in [0, 0.05) is 0 Å². The number of hydrogen-bond donors (Lipinski definition) is 2. The number of hydrogen-bond acceptors (Lipinski definition) is 4. The first-order valence-electron chi connectivity index (χ1n) is 4.19. The van der Waals surface area contributed by atoms with Crippen LogP contribution in [0.4, 0.5) is 0 Å². The SMILES string of the molecule is O=Cc1cnc2[nH]c3nc[nH]c3c(=O)n12. The molecule has 0 spiro atoms. The zero-order valence-electron chi connectivity index (χ0n) is 7.39. The lowest BCUT2D eigenvalue weighted by Crippen LogP contribution is -2.16. The Labute approximate surface area is 81.8 Å². The van der Waals surface area contributed by atoms with Gasteiger partial charge in [0.15, 0.2) is 11.9 Å². The van der Waals surface area contributed by atoms with E-state index in [9.17, 15) is 9.59 Å². The minimum atomic E-state index is -0.337. The van der Waals surface area contributed by atoms with Crippen molar-refractivity contribution in [2.45, 2.75) is 0 Å². The highest BCUT2D eigenvalue weighted by molar-refractivity contribution is 5.76. The normalized spacial score (nSPS) is 11.2. The summed E-state index contributed by atoms with van der Waals surface area (Å²) in [5, 5.41) is 0. The number of aldehydes is 1. The highest BCUT2D eigenvalue weighted by Crippen LogP contribution is 2.04. The van der Waals surface area contributed by atoms with E-state index >= 15 is 0 Å². The van der Waals surface area contributed by atoms with Crippen molar-refractivity contribution in [2.75, 3.05) is 0 Å². The van der Waals surface area contributed by atoms with Gasteiger partial charge < -0.3 is 9.97 Å². The third kappa shape index (κ3) is 0.885. The van der Waals surface area contributed by atoms with Gasteiger partial charge in [-0.3, -0.25) is 9.59 Å². The van der Waals surface area contributed by atoms with E-state index in [1.807, 2.05) is 0 Å². The molecule has 0 saturated carbocycles. The Morgan fingerprint density at radius 3 is 3.07 bits per heavy atom. The van der Waals surface area contributed by atoms with Crippen LogP contribution >= 0.6 is 0 Å². The van der Waals surface area contributed by atoms with Crippen LogP contribution in [0.15, 0.2) is 17.3 Å². The molecule has 3 aromatic heterocycles. The molecule has 0 bridgehead atoms. The molecule has 7 heteroatoms. The summed E-state index contributed by atoms with van der Waals surface area (Å²) in [5.74, 6) is 0.307. The summed E-state index contributed by atoms with van der Waals surface area (Å²) in [6.45, 7) is 0. The van der Waals surface area contributed by atoms with E-state index in [1.54, 1.807) is 0 Å². The predicted octanol–water partition coefficient (Wildman–Crippen LogP) is -0.289. The molecular weight excluding hydrogens is 198 g/mol. The van der Waals surface area contributed by atoms with Gasteiger partial charge in [0.25, 0.3) is 5.56 Å². The van der Waals surface area contributed by atoms with Gasteiger partial charge in [0.1, 0.15) is 11.2 Å². The molecule has 74 valence electrons. The predicted molar refractivity (Wildman–Crippen MR) is 50.9 cm³/mol. The van der Waals surface area contributed by atoms with Crippen molar-refractivity contribution in [3.63, 3.8) is 0 Å². The lowest BCUT2D eigenvalue weighted by atomic mass is 10.5. The number of fused-ring (bicyclic) bond motifs is 2. The molecule has 0 aliphatic carbocycles. The Hall–Kier alpha value is -2.44. The third-order valence-corrected chi connectivity index (χ3v) is 2.20. The van der Waals surface area contributed by atoms with E-state index < -0.39 is 0 Å². The number of H-pyrrole nitrogens is 2. The van der Waals surface area contributed by atoms with E-state index in [0.29, 0.717) is 23.2 Å². The first-order valence-corrected chi connectivity index (χ1v) is 4.19. The van der Waals surface area contributed by atoms with Crippen molar-refractivity contribution in [3.8, 4) is 0 Å². The Morgan fingerprint density at radius 2 is 2.27 bits per heavy atom. The molecule has 0 fully saturated rings. The molecule has 7 nitrogen and oxygen atoms in total. The maximum absolute atomic E-state index is 11.9. The molecule has 0 aromatic carbocycles. The monoisotopic (exact) mass is 203 g/mol. The van der Waals surface area contributed by atoms with Crippen LogP contribution in [0.5, 0.6) is 0 Å². The van der Waals surface area contributed by atoms with Crippen molar-refractivity contribution in [1.82, 2.24) is 24.3 Å². The number of nitrogens with zero attached hydrogens (tertiary/aromatic N) is 3. The third-order valence-electron chi connectivity index (χ3n) is 2.20. The van der Waals surface area contributed by atoms with Gasteiger partial charge in [-0.25, -0.2) is 14.4 Å². The van der Waals surface area contributed by atoms with Crippen molar-refractivity contribution >= 4 is 23.2 Å². The smallest absolute Gasteiger partial charge is 0.285 e. The van der Waals surface area contributed by atoms with Crippen molar-refractivity contribution in [2.24, 2.45) is 0 Å². The first-order chi connectivity index (χ1) is 7.31. The summed E-state index contributed by atoms with van der Waals surface area (Å²) >= 11 is 0. The molecule has 0 unspecified atom stereocenters. The zero-order valence-corrected chi connectivity index (χ0v) is 7.39. The number of imidazole rings is 2. The van der Waals surface area contributed by atoms with Crippen molar-refractivity contribution < 1.29 is 4.79 Å². The topological polar surface area (TPSA) is 95.9 Å². The van der Waals surface area contributed by atoms with Gasteiger partial charge in [0.05, 0.1) is 12.5 Å². The zero-order chi connectivity index (χ0) is 10.4. The second kappa shape index (κ2) is 2.53. The summed E-state index contributed by atoms with van der Waals surface area (Å²) < 4.78 is 1.20. The van der Waals surface area contributed by atoms with Crippen LogP contribution in [0.2, 0.25) is 0 Å². The number of aromatic amines is 2. The Kier molecular flexibility index (Phi) is 1.34. The van der Waals surface area contributed by atoms with Crippen molar-refractivity contribution in [1.29, 1.82) is 0 Å². The number of carbonyl (C=O) groups is 1. The second-order valence-electron chi connectivity index (χ2n) is 3.02. The Bertz CT molecular complexity index is 719. The molecule has 3 aromatic rings. The van der Waals surface area contributed by atoms with E-state index in [0.717, 1.165) is 0 Å². The summed E-state index contributed by atoms with van der Waals surface area (Å²) in [4.78, 5) is 35.9. The number of carbonyl (C=O) groups excluding carboxylic acids is 1. The van der Waals surface area contributed by atoms with Gasteiger partial charge >= 0.3 is 0 Å². The van der Waals surface area contributed by atoms with E-state index in [4.69, 9.17) is 0 Å². The molecular formula is C8H5N5O2. The molecule has 0 atom stereocenters. The fourth-order valence-corrected chi connectivity index (χ4v) is 1.52. The lowest BCUT2D eigenvalue weighted by molar-refractivity contribution is 0.111. The second-order valence-corrected chi connectivity index (χ2v) is 3.02. The summed E-state index contributed by atoms with van der Waals surface area (Å²) in [6.07, 6.45) is 3.32. The lowest BCUT2D eigenvalue weighted by Gasteiger charge is -1.94. The first kappa shape index (κ1) is 7.92. The summed E-state index contributed by atoms with van der Waals surface area (Å²) in [7, 11) is 0. The number of nitrogens with one attached hydrogen (secondary N) is 2.